The molecule has 106 valence electrons. The highest BCUT2D eigenvalue weighted by Gasteiger charge is 2.13. The predicted octanol–water partition coefficient (Wildman–Crippen LogP) is 3.22. The minimum absolute atomic E-state index is 0.0610. The zero-order valence-electron chi connectivity index (χ0n) is 10.7. The van der Waals surface area contributed by atoms with Gasteiger partial charge in [0, 0.05) is 10.1 Å². The molecule has 2 aromatic carbocycles. The molecule has 0 radical (unpaired) electrons. The Morgan fingerprint density at radius 2 is 1.80 bits per heavy atom. The third-order valence-electron chi connectivity index (χ3n) is 2.83. The minimum atomic E-state index is -3.57. The van der Waals surface area contributed by atoms with E-state index in [-0.39, 0.29) is 17.3 Å². The summed E-state index contributed by atoms with van der Waals surface area (Å²) in [5.41, 5.74) is 1.12. The fourth-order valence-corrected chi connectivity index (χ4v) is 3.00. The van der Waals surface area contributed by atoms with Gasteiger partial charge in [0.25, 0.3) is 0 Å². The van der Waals surface area contributed by atoms with Gasteiger partial charge in [-0.25, -0.2) is 17.5 Å². The lowest BCUT2D eigenvalue weighted by Crippen LogP contribution is -2.23. The van der Waals surface area contributed by atoms with Crippen LogP contribution in [-0.2, 0) is 16.6 Å². The van der Waals surface area contributed by atoms with Gasteiger partial charge in [-0.3, -0.25) is 0 Å². The van der Waals surface area contributed by atoms with Gasteiger partial charge in [0.1, 0.15) is 5.82 Å². The molecule has 0 aliphatic rings. The Hall–Kier alpha value is -0.990. The van der Waals surface area contributed by atoms with Crippen molar-refractivity contribution >= 4 is 32.6 Å². The first-order valence-electron chi connectivity index (χ1n) is 5.89. The number of hydrogen-bond acceptors (Lipinski definition) is 2. The van der Waals surface area contributed by atoms with Gasteiger partial charge in [0.2, 0.25) is 10.0 Å². The second-order valence-electron chi connectivity index (χ2n) is 4.36. The van der Waals surface area contributed by atoms with Crippen molar-refractivity contribution in [1.29, 1.82) is 0 Å². The molecule has 0 saturated heterocycles. The van der Waals surface area contributed by atoms with Crippen molar-refractivity contribution in [1.82, 2.24) is 4.72 Å². The molecule has 0 unspecified atom stereocenters. The maximum atomic E-state index is 13.4. The van der Waals surface area contributed by atoms with Gasteiger partial charge in [-0.05, 0) is 71.0 Å². The number of hydrogen-bond donors (Lipinski definition) is 1. The predicted molar refractivity (Wildman–Crippen MR) is 84.3 cm³/mol. The Balaban J connectivity index is 2.13. The average Bonchev–Trinajstić information content (AvgIpc) is 2.41. The third kappa shape index (κ3) is 3.77. The van der Waals surface area contributed by atoms with Crippen LogP contribution in [0.2, 0.25) is 0 Å². The smallest absolute Gasteiger partial charge is 0.207 e. The molecule has 2 rings (SSSR count). The summed E-state index contributed by atoms with van der Waals surface area (Å²) < 4.78 is 40.9. The van der Waals surface area contributed by atoms with Crippen LogP contribution in [0.5, 0.6) is 0 Å². The molecule has 0 saturated carbocycles. The lowest BCUT2D eigenvalue weighted by molar-refractivity contribution is 0.580. The standard InChI is InChI=1S/C14H13FINO2S/c1-10-2-3-11(8-14(10)15)9-17-20(18,19)13-6-4-12(16)5-7-13/h2-8,17H,9H2,1H3. The monoisotopic (exact) mass is 405 g/mol. The molecule has 1 N–H and O–H groups in total. The Labute approximate surface area is 131 Å². The van der Waals surface area contributed by atoms with Crippen LogP contribution < -0.4 is 4.72 Å². The fraction of sp³-hybridized carbons (Fsp3) is 0.143. The second kappa shape index (κ2) is 6.19. The SMILES string of the molecule is Cc1ccc(CNS(=O)(=O)c2ccc(I)cc2)cc1F. The van der Waals surface area contributed by atoms with Crippen LogP contribution in [0.4, 0.5) is 4.39 Å². The van der Waals surface area contributed by atoms with Crippen LogP contribution in [0.1, 0.15) is 11.1 Å². The van der Waals surface area contributed by atoms with Gasteiger partial charge in [-0.15, -0.1) is 0 Å². The number of benzene rings is 2. The molecule has 6 heteroatoms. The molecule has 2 aromatic rings. The number of nitrogens with one attached hydrogen (secondary N) is 1. The summed E-state index contributed by atoms with van der Waals surface area (Å²) in [6, 6.07) is 11.2. The summed E-state index contributed by atoms with van der Waals surface area (Å²) in [4.78, 5) is 0.200. The van der Waals surface area contributed by atoms with Gasteiger partial charge in [0.15, 0.2) is 0 Å². The van der Waals surface area contributed by atoms with E-state index >= 15 is 0 Å². The zero-order chi connectivity index (χ0) is 14.8. The van der Waals surface area contributed by atoms with Crippen molar-refractivity contribution in [3.63, 3.8) is 0 Å². The highest BCUT2D eigenvalue weighted by molar-refractivity contribution is 14.1. The summed E-state index contributed by atoms with van der Waals surface area (Å²) in [7, 11) is -3.57. The molecule has 0 spiro atoms. The van der Waals surface area contributed by atoms with E-state index in [2.05, 4.69) is 27.3 Å². The molecule has 0 atom stereocenters. The van der Waals surface area contributed by atoms with Gasteiger partial charge in [-0.1, -0.05) is 12.1 Å². The van der Waals surface area contributed by atoms with Crippen LogP contribution >= 0.6 is 22.6 Å². The van der Waals surface area contributed by atoms with Crippen molar-refractivity contribution in [2.75, 3.05) is 0 Å². The number of rotatable bonds is 4. The molecule has 0 amide bonds. The first kappa shape index (κ1) is 15.4. The van der Waals surface area contributed by atoms with Crippen molar-refractivity contribution < 1.29 is 12.8 Å². The molecule has 0 aliphatic carbocycles. The highest BCUT2D eigenvalue weighted by atomic mass is 127. The third-order valence-corrected chi connectivity index (χ3v) is 4.96. The Morgan fingerprint density at radius 1 is 1.15 bits per heavy atom. The number of aryl methyl sites for hydroxylation is 1. The maximum absolute atomic E-state index is 13.4. The summed E-state index contributed by atoms with van der Waals surface area (Å²) in [5, 5.41) is 0. The number of sulfonamides is 1. The van der Waals surface area contributed by atoms with Crippen molar-refractivity contribution in [3.05, 3.63) is 63.0 Å². The molecular weight excluding hydrogens is 392 g/mol. The van der Waals surface area contributed by atoms with Crippen LogP contribution in [-0.4, -0.2) is 8.42 Å². The Morgan fingerprint density at radius 3 is 2.40 bits per heavy atom. The van der Waals surface area contributed by atoms with Crippen molar-refractivity contribution in [2.45, 2.75) is 18.4 Å². The van der Waals surface area contributed by atoms with Gasteiger partial charge >= 0.3 is 0 Å². The summed E-state index contributed by atoms with van der Waals surface area (Å²) in [6.45, 7) is 1.72. The van der Waals surface area contributed by atoms with E-state index in [1.54, 1.807) is 43.3 Å². The first-order chi connectivity index (χ1) is 9.38. The molecule has 0 bridgehead atoms. The topological polar surface area (TPSA) is 46.2 Å². The zero-order valence-corrected chi connectivity index (χ0v) is 13.7. The van der Waals surface area contributed by atoms with E-state index in [9.17, 15) is 12.8 Å². The van der Waals surface area contributed by atoms with Crippen molar-refractivity contribution in [2.24, 2.45) is 0 Å². The van der Waals surface area contributed by atoms with Gasteiger partial charge in [-0.2, -0.15) is 0 Å². The van der Waals surface area contributed by atoms with E-state index in [4.69, 9.17) is 0 Å². The van der Waals surface area contributed by atoms with E-state index in [1.165, 1.54) is 6.07 Å². The van der Waals surface area contributed by atoms with Crippen LogP contribution in [0.15, 0.2) is 47.4 Å². The Bertz CT molecular complexity index is 714. The quantitative estimate of drug-likeness (QED) is 0.795. The summed E-state index contributed by atoms with van der Waals surface area (Å²) in [5.74, 6) is -0.337. The van der Waals surface area contributed by atoms with Gasteiger partial charge in [0.05, 0.1) is 4.90 Å². The number of halogens is 2. The molecular formula is C14H13FINO2S. The average molecular weight is 405 g/mol. The second-order valence-corrected chi connectivity index (χ2v) is 7.37. The lowest BCUT2D eigenvalue weighted by atomic mass is 10.1. The molecule has 20 heavy (non-hydrogen) atoms. The fourth-order valence-electron chi connectivity index (χ4n) is 1.62. The molecule has 0 heterocycles. The largest absolute Gasteiger partial charge is 0.240 e. The van der Waals surface area contributed by atoms with Crippen LogP contribution in [0, 0.1) is 16.3 Å². The van der Waals surface area contributed by atoms with E-state index < -0.39 is 10.0 Å². The van der Waals surface area contributed by atoms with Crippen LogP contribution in [0.3, 0.4) is 0 Å². The normalized spacial score (nSPS) is 11.6. The Kier molecular flexibility index (Phi) is 4.77. The van der Waals surface area contributed by atoms with Crippen LogP contribution in [0.25, 0.3) is 0 Å². The molecule has 3 nitrogen and oxygen atoms in total. The van der Waals surface area contributed by atoms with E-state index in [1.807, 2.05) is 0 Å². The van der Waals surface area contributed by atoms with E-state index in [0.717, 1.165) is 3.57 Å². The first-order valence-corrected chi connectivity index (χ1v) is 8.45. The molecule has 0 aromatic heterocycles. The molecule has 0 fully saturated rings. The minimum Gasteiger partial charge on any atom is -0.207 e. The highest BCUT2D eigenvalue weighted by Crippen LogP contribution is 2.13. The van der Waals surface area contributed by atoms with E-state index in [0.29, 0.717) is 11.1 Å². The van der Waals surface area contributed by atoms with Gasteiger partial charge < -0.3 is 0 Å². The lowest BCUT2D eigenvalue weighted by Gasteiger charge is -2.07. The summed E-state index contributed by atoms with van der Waals surface area (Å²) >= 11 is 2.11. The van der Waals surface area contributed by atoms with Crippen molar-refractivity contribution in [3.8, 4) is 0 Å². The maximum Gasteiger partial charge on any atom is 0.240 e. The summed E-state index contributed by atoms with van der Waals surface area (Å²) in [6.07, 6.45) is 0. The molecule has 0 aliphatic heterocycles.